The minimum absolute atomic E-state index is 0.0283. The molecule has 2 aromatic rings. The molecule has 0 saturated carbocycles. The number of rotatable bonds is 4. The van der Waals surface area contributed by atoms with Crippen LogP contribution in [0, 0.1) is 11.7 Å². The summed E-state index contributed by atoms with van der Waals surface area (Å²) in [6, 6.07) is 9.78. The fourth-order valence-corrected chi connectivity index (χ4v) is 5.73. The van der Waals surface area contributed by atoms with Crippen LogP contribution in [0.25, 0.3) is 0 Å². The molecule has 138 valence electrons. The van der Waals surface area contributed by atoms with Gasteiger partial charge in [-0.1, -0.05) is 12.1 Å². The van der Waals surface area contributed by atoms with Crippen molar-refractivity contribution in [3.8, 4) is 0 Å². The van der Waals surface area contributed by atoms with Crippen molar-refractivity contribution < 1.29 is 12.8 Å². The Morgan fingerprint density at radius 2 is 1.88 bits per heavy atom. The molecule has 0 N–H and O–H groups in total. The Kier molecular flexibility index (Phi) is 4.77. The zero-order valence-electron chi connectivity index (χ0n) is 14.5. The standard InChI is InChI=1S/C19H22FN3O2S/c20-17-6-3-15(4-7-17)11-22-12-16-5-8-18(14-22)23(13-16)26(24,25)19-2-1-9-21-10-19/h1-4,6-7,9-10,16,18H,5,8,11-14H2/t16-,18+/m0/s1. The number of benzene rings is 1. The lowest BCUT2D eigenvalue weighted by atomic mass is 9.97. The number of halogens is 1. The van der Waals surface area contributed by atoms with Gasteiger partial charge in [0.15, 0.2) is 0 Å². The van der Waals surface area contributed by atoms with E-state index >= 15 is 0 Å². The molecule has 1 aromatic heterocycles. The first-order valence-electron chi connectivity index (χ1n) is 8.91. The van der Waals surface area contributed by atoms with Gasteiger partial charge < -0.3 is 0 Å². The van der Waals surface area contributed by atoms with Gasteiger partial charge in [0.1, 0.15) is 10.7 Å². The number of pyridine rings is 1. The molecule has 0 amide bonds. The lowest BCUT2D eigenvalue weighted by Crippen LogP contribution is -2.47. The number of piperidine rings is 1. The summed E-state index contributed by atoms with van der Waals surface area (Å²) >= 11 is 0. The van der Waals surface area contributed by atoms with Crippen LogP contribution in [0.15, 0.2) is 53.7 Å². The first kappa shape index (κ1) is 17.6. The Hall–Kier alpha value is -1.83. The summed E-state index contributed by atoms with van der Waals surface area (Å²) in [7, 11) is -3.52. The Morgan fingerprint density at radius 1 is 1.08 bits per heavy atom. The molecule has 3 fully saturated rings. The third-order valence-corrected chi connectivity index (χ3v) is 7.20. The van der Waals surface area contributed by atoms with Gasteiger partial charge in [-0.05, 0) is 48.6 Å². The van der Waals surface area contributed by atoms with Crippen LogP contribution in [0.4, 0.5) is 4.39 Å². The number of sulfonamides is 1. The predicted octanol–water partition coefficient (Wildman–Crippen LogP) is 2.51. The molecule has 3 aliphatic rings. The van der Waals surface area contributed by atoms with E-state index in [4.69, 9.17) is 0 Å². The molecule has 5 rings (SSSR count). The molecule has 7 heteroatoms. The quantitative estimate of drug-likeness (QED) is 0.824. The molecular formula is C19H22FN3O2S. The van der Waals surface area contributed by atoms with Crippen LogP contribution in [0.3, 0.4) is 0 Å². The van der Waals surface area contributed by atoms with Crippen LogP contribution in [0.5, 0.6) is 0 Å². The molecule has 2 bridgehead atoms. The van der Waals surface area contributed by atoms with Crippen LogP contribution in [-0.2, 0) is 16.6 Å². The Bertz CT molecular complexity index is 858. The first-order valence-corrected chi connectivity index (χ1v) is 10.3. The lowest BCUT2D eigenvalue weighted by Gasteiger charge is -2.35. The molecule has 3 aliphatic heterocycles. The Labute approximate surface area is 153 Å². The lowest BCUT2D eigenvalue weighted by molar-refractivity contribution is 0.226. The van der Waals surface area contributed by atoms with Gasteiger partial charge in [-0.3, -0.25) is 9.88 Å². The molecule has 5 nitrogen and oxygen atoms in total. The van der Waals surface area contributed by atoms with Crippen molar-refractivity contribution in [1.29, 1.82) is 0 Å². The van der Waals surface area contributed by atoms with Gasteiger partial charge in [0.2, 0.25) is 10.0 Å². The van der Waals surface area contributed by atoms with Crippen molar-refractivity contribution >= 4 is 10.0 Å². The summed E-state index contributed by atoms with van der Waals surface area (Å²) in [5.74, 6) is 0.0825. The summed E-state index contributed by atoms with van der Waals surface area (Å²) in [5.41, 5.74) is 1.05. The maximum Gasteiger partial charge on any atom is 0.244 e. The van der Waals surface area contributed by atoms with Crippen LogP contribution in [0.1, 0.15) is 18.4 Å². The second kappa shape index (κ2) is 7.06. The van der Waals surface area contributed by atoms with Gasteiger partial charge in [-0.15, -0.1) is 0 Å². The predicted molar refractivity (Wildman–Crippen MR) is 96.3 cm³/mol. The zero-order chi connectivity index (χ0) is 18.1. The Balaban J connectivity index is 1.54. The molecule has 4 heterocycles. The van der Waals surface area contributed by atoms with Gasteiger partial charge in [-0.2, -0.15) is 4.31 Å². The summed E-state index contributed by atoms with van der Waals surface area (Å²) in [5, 5.41) is 0. The van der Waals surface area contributed by atoms with E-state index in [-0.39, 0.29) is 16.8 Å². The number of fused-ring (bicyclic) bond motifs is 4. The zero-order valence-corrected chi connectivity index (χ0v) is 15.3. The van der Waals surface area contributed by atoms with Crippen molar-refractivity contribution in [2.24, 2.45) is 5.92 Å². The summed E-state index contributed by atoms with van der Waals surface area (Å²) in [6.45, 7) is 2.84. The van der Waals surface area contributed by atoms with Crippen molar-refractivity contribution in [2.45, 2.75) is 30.3 Å². The highest BCUT2D eigenvalue weighted by Crippen LogP contribution is 2.32. The highest BCUT2D eigenvalue weighted by Gasteiger charge is 2.41. The van der Waals surface area contributed by atoms with Crippen molar-refractivity contribution in [3.63, 3.8) is 0 Å². The van der Waals surface area contributed by atoms with Gasteiger partial charge >= 0.3 is 0 Å². The molecular weight excluding hydrogens is 353 g/mol. The first-order chi connectivity index (χ1) is 12.5. The molecule has 2 atom stereocenters. The average molecular weight is 375 g/mol. The van der Waals surface area contributed by atoms with E-state index in [1.54, 1.807) is 34.8 Å². The van der Waals surface area contributed by atoms with Crippen LogP contribution in [0.2, 0.25) is 0 Å². The van der Waals surface area contributed by atoms with Gasteiger partial charge in [0, 0.05) is 44.6 Å². The maximum absolute atomic E-state index is 13.1. The number of aromatic nitrogens is 1. The molecule has 1 aromatic carbocycles. The minimum atomic E-state index is -3.52. The number of nitrogens with zero attached hydrogens (tertiary/aromatic N) is 3. The van der Waals surface area contributed by atoms with Crippen molar-refractivity contribution in [2.75, 3.05) is 19.6 Å². The summed E-state index contributed by atoms with van der Waals surface area (Å²) in [6.07, 6.45) is 4.93. The Morgan fingerprint density at radius 3 is 2.62 bits per heavy atom. The van der Waals surface area contributed by atoms with Gasteiger partial charge in [0.25, 0.3) is 0 Å². The molecule has 26 heavy (non-hydrogen) atoms. The van der Waals surface area contributed by atoms with E-state index in [1.807, 2.05) is 0 Å². The van der Waals surface area contributed by atoms with Crippen molar-refractivity contribution in [3.05, 3.63) is 60.2 Å². The molecule has 0 spiro atoms. The van der Waals surface area contributed by atoms with Crippen LogP contribution in [-0.4, -0.2) is 48.3 Å². The normalized spacial score (nSPS) is 24.5. The fraction of sp³-hybridized carbons (Fsp3) is 0.421. The van der Waals surface area contributed by atoms with E-state index in [0.29, 0.717) is 25.6 Å². The third kappa shape index (κ3) is 3.51. The molecule has 3 saturated heterocycles. The minimum Gasteiger partial charge on any atom is -0.297 e. The van der Waals surface area contributed by atoms with Crippen LogP contribution >= 0.6 is 0 Å². The van der Waals surface area contributed by atoms with E-state index in [9.17, 15) is 12.8 Å². The fourth-order valence-electron chi connectivity index (χ4n) is 4.04. The van der Waals surface area contributed by atoms with Gasteiger partial charge in [0.05, 0.1) is 0 Å². The molecule has 0 unspecified atom stereocenters. The summed E-state index contributed by atoms with van der Waals surface area (Å²) in [4.78, 5) is 6.52. The smallest absolute Gasteiger partial charge is 0.244 e. The van der Waals surface area contributed by atoms with Crippen molar-refractivity contribution in [1.82, 2.24) is 14.2 Å². The number of hydrogen-bond donors (Lipinski definition) is 0. The average Bonchev–Trinajstić information content (AvgIpc) is 2.95. The summed E-state index contributed by atoms with van der Waals surface area (Å²) < 4.78 is 40.9. The maximum atomic E-state index is 13.1. The molecule has 0 aliphatic carbocycles. The topological polar surface area (TPSA) is 53.5 Å². The monoisotopic (exact) mass is 375 g/mol. The highest BCUT2D eigenvalue weighted by molar-refractivity contribution is 7.89. The van der Waals surface area contributed by atoms with E-state index in [0.717, 1.165) is 24.9 Å². The van der Waals surface area contributed by atoms with E-state index < -0.39 is 10.0 Å². The SMILES string of the molecule is O=S(=O)(c1cccnc1)N1C[C@H]2CC[C@@H]1CN(Cc1ccc(F)cc1)C2. The second-order valence-electron chi connectivity index (χ2n) is 7.18. The highest BCUT2D eigenvalue weighted by atomic mass is 32.2. The van der Waals surface area contributed by atoms with Crippen LogP contribution < -0.4 is 0 Å². The van der Waals surface area contributed by atoms with E-state index in [2.05, 4.69) is 9.88 Å². The largest absolute Gasteiger partial charge is 0.297 e. The molecule has 0 radical (unpaired) electrons. The number of hydrogen-bond acceptors (Lipinski definition) is 4. The third-order valence-electron chi connectivity index (χ3n) is 5.30. The van der Waals surface area contributed by atoms with Gasteiger partial charge in [-0.25, -0.2) is 12.8 Å². The second-order valence-corrected chi connectivity index (χ2v) is 9.07. The van der Waals surface area contributed by atoms with E-state index in [1.165, 1.54) is 18.3 Å².